The second-order valence-corrected chi connectivity index (χ2v) is 5.80. The van der Waals surface area contributed by atoms with Gasteiger partial charge in [-0.05, 0) is 41.8 Å². The molecule has 106 valence electrons. The van der Waals surface area contributed by atoms with Gasteiger partial charge in [-0.3, -0.25) is 9.36 Å². The number of nitrogens with zero attached hydrogens (tertiary/aromatic N) is 3. The van der Waals surface area contributed by atoms with Crippen LogP contribution in [0.25, 0.3) is 11.0 Å². The Bertz CT molecular complexity index is 722. The van der Waals surface area contributed by atoms with Crippen molar-refractivity contribution in [3.63, 3.8) is 0 Å². The van der Waals surface area contributed by atoms with Gasteiger partial charge in [-0.2, -0.15) is 4.98 Å². The number of anilines is 1. The van der Waals surface area contributed by atoms with Gasteiger partial charge in [0.1, 0.15) is 5.65 Å². The minimum atomic E-state index is -0.106. The number of rotatable bonds is 1. The van der Waals surface area contributed by atoms with Crippen molar-refractivity contribution in [2.45, 2.75) is 25.8 Å². The molecule has 20 heavy (non-hydrogen) atoms. The van der Waals surface area contributed by atoms with Crippen molar-refractivity contribution in [3.8, 4) is 0 Å². The van der Waals surface area contributed by atoms with Gasteiger partial charge in [0.25, 0.3) is 5.56 Å². The first-order valence-electron chi connectivity index (χ1n) is 6.50. The molecule has 6 nitrogen and oxygen atoms in total. The summed E-state index contributed by atoms with van der Waals surface area (Å²) in [4.78, 5) is 20.9. The number of nitrogen functional groups attached to an aromatic ring is 1. The molecular formula is C13H15BrN4O2. The number of aromatic nitrogens is 3. The third-order valence-electron chi connectivity index (χ3n) is 3.56. The number of fused-ring (bicyclic) bond motifs is 1. The zero-order valence-corrected chi connectivity index (χ0v) is 12.7. The van der Waals surface area contributed by atoms with Crippen LogP contribution in [0.5, 0.6) is 0 Å². The Morgan fingerprint density at radius 3 is 3.00 bits per heavy atom. The molecule has 0 amide bonds. The molecule has 1 aliphatic heterocycles. The predicted molar refractivity (Wildman–Crippen MR) is 79.7 cm³/mol. The van der Waals surface area contributed by atoms with Crippen LogP contribution >= 0.6 is 15.9 Å². The van der Waals surface area contributed by atoms with Crippen molar-refractivity contribution in [2.75, 3.05) is 18.9 Å². The van der Waals surface area contributed by atoms with E-state index in [2.05, 4.69) is 25.9 Å². The zero-order chi connectivity index (χ0) is 14.3. The van der Waals surface area contributed by atoms with E-state index in [-0.39, 0.29) is 17.5 Å². The molecule has 0 spiro atoms. The molecule has 7 heteroatoms. The average molecular weight is 339 g/mol. The Balaban J connectivity index is 2.32. The lowest BCUT2D eigenvalue weighted by atomic mass is 10.1. The van der Waals surface area contributed by atoms with Gasteiger partial charge < -0.3 is 10.5 Å². The van der Waals surface area contributed by atoms with E-state index in [0.29, 0.717) is 16.7 Å². The van der Waals surface area contributed by atoms with E-state index in [9.17, 15) is 4.79 Å². The minimum absolute atomic E-state index is 0.00931. The van der Waals surface area contributed by atoms with Crippen LogP contribution in [0.3, 0.4) is 0 Å². The van der Waals surface area contributed by atoms with Gasteiger partial charge in [0.05, 0.1) is 22.8 Å². The van der Waals surface area contributed by atoms with Crippen LogP contribution in [0.1, 0.15) is 24.6 Å². The summed E-state index contributed by atoms with van der Waals surface area (Å²) in [6.45, 7) is 3.13. The van der Waals surface area contributed by atoms with E-state index in [4.69, 9.17) is 10.5 Å². The Hall–Kier alpha value is -1.47. The van der Waals surface area contributed by atoms with E-state index in [1.165, 1.54) is 0 Å². The standard InChI is InChI=1S/C13H15BrN4O2/c1-7-9-5-10(14)12(19)18(8-3-2-4-20-6-8)11(9)17-13(15)16-7/h5,8H,2-4,6H2,1H3,(H2,15,16,17)/t8-/m0/s1. The lowest BCUT2D eigenvalue weighted by Crippen LogP contribution is -2.31. The number of ether oxygens (including phenoxy) is 1. The van der Waals surface area contributed by atoms with Crippen LogP contribution in [0.4, 0.5) is 5.95 Å². The molecule has 3 rings (SSSR count). The van der Waals surface area contributed by atoms with Gasteiger partial charge in [0, 0.05) is 12.0 Å². The van der Waals surface area contributed by atoms with Crippen molar-refractivity contribution in [1.29, 1.82) is 0 Å². The van der Waals surface area contributed by atoms with E-state index >= 15 is 0 Å². The summed E-state index contributed by atoms with van der Waals surface area (Å²) in [5, 5.41) is 0.830. The Morgan fingerprint density at radius 1 is 1.50 bits per heavy atom. The maximum atomic E-state index is 12.5. The molecule has 0 bridgehead atoms. The maximum Gasteiger partial charge on any atom is 0.266 e. The normalized spacial score (nSPS) is 19.4. The second kappa shape index (κ2) is 5.14. The number of hydrogen-bond acceptors (Lipinski definition) is 5. The number of nitrogens with two attached hydrogens (primary N) is 1. The van der Waals surface area contributed by atoms with Crippen molar-refractivity contribution >= 4 is 32.9 Å². The number of aryl methyl sites for hydroxylation is 1. The summed E-state index contributed by atoms with van der Waals surface area (Å²) < 4.78 is 7.68. The quantitative estimate of drug-likeness (QED) is 0.857. The van der Waals surface area contributed by atoms with Crippen LogP contribution in [-0.2, 0) is 4.74 Å². The maximum absolute atomic E-state index is 12.5. The Kier molecular flexibility index (Phi) is 3.47. The van der Waals surface area contributed by atoms with Crippen molar-refractivity contribution in [2.24, 2.45) is 0 Å². The molecular weight excluding hydrogens is 324 g/mol. The summed E-state index contributed by atoms with van der Waals surface area (Å²) in [5.74, 6) is 0.183. The highest BCUT2D eigenvalue weighted by Gasteiger charge is 2.22. The van der Waals surface area contributed by atoms with E-state index in [1.54, 1.807) is 10.6 Å². The third-order valence-corrected chi connectivity index (χ3v) is 4.13. The highest BCUT2D eigenvalue weighted by Crippen LogP contribution is 2.25. The molecule has 3 heterocycles. The van der Waals surface area contributed by atoms with Gasteiger partial charge in [0.2, 0.25) is 5.95 Å². The Labute approximate surface area is 124 Å². The highest BCUT2D eigenvalue weighted by molar-refractivity contribution is 9.10. The molecule has 1 saturated heterocycles. The fourth-order valence-corrected chi connectivity index (χ4v) is 3.03. The van der Waals surface area contributed by atoms with Gasteiger partial charge >= 0.3 is 0 Å². The first-order valence-corrected chi connectivity index (χ1v) is 7.30. The van der Waals surface area contributed by atoms with Crippen LogP contribution in [0.2, 0.25) is 0 Å². The molecule has 1 fully saturated rings. The fraction of sp³-hybridized carbons (Fsp3) is 0.462. The lowest BCUT2D eigenvalue weighted by molar-refractivity contribution is 0.0592. The molecule has 2 aromatic heterocycles. The van der Waals surface area contributed by atoms with Crippen LogP contribution in [0.15, 0.2) is 15.3 Å². The van der Waals surface area contributed by atoms with Gasteiger partial charge in [-0.1, -0.05) is 0 Å². The molecule has 0 unspecified atom stereocenters. The Morgan fingerprint density at radius 2 is 2.30 bits per heavy atom. The van der Waals surface area contributed by atoms with Crippen LogP contribution < -0.4 is 11.3 Å². The summed E-state index contributed by atoms with van der Waals surface area (Å²) in [5.41, 5.74) is 6.97. The number of hydrogen-bond donors (Lipinski definition) is 1. The molecule has 0 saturated carbocycles. The van der Waals surface area contributed by atoms with Gasteiger partial charge in [-0.15, -0.1) is 0 Å². The third kappa shape index (κ3) is 2.20. The monoisotopic (exact) mass is 338 g/mol. The zero-order valence-electron chi connectivity index (χ0n) is 11.1. The smallest absolute Gasteiger partial charge is 0.266 e. The lowest BCUT2D eigenvalue weighted by Gasteiger charge is -2.25. The SMILES string of the molecule is Cc1nc(N)nc2c1cc(Br)c(=O)n2[C@H]1CCCOC1. The average Bonchev–Trinajstić information content (AvgIpc) is 2.42. The molecule has 0 aliphatic carbocycles. The summed E-state index contributed by atoms with van der Waals surface area (Å²) in [6.07, 6.45) is 1.83. The first-order chi connectivity index (χ1) is 9.58. The molecule has 1 aliphatic rings. The van der Waals surface area contributed by atoms with Gasteiger partial charge in [-0.25, -0.2) is 4.98 Å². The highest BCUT2D eigenvalue weighted by atomic mass is 79.9. The topological polar surface area (TPSA) is 83.0 Å². The number of halogens is 1. The van der Waals surface area contributed by atoms with E-state index in [1.807, 2.05) is 6.92 Å². The second-order valence-electron chi connectivity index (χ2n) is 4.94. The van der Waals surface area contributed by atoms with Gasteiger partial charge in [0.15, 0.2) is 0 Å². The minimum Gasteiger partial charge on any atom is -0.379 e. The first kappa shape index (κ1) is 13.5. The molecule has 0 radical (unpaired) electrons. The number of pyridine rings is 1. The molecule has 2 N–H and O–H groups in total. The molecule has 1 atom stereocenters. The summed E-state index contributed by atoms with van der Waals surface area (Å²) in [6, 6.07) is 1.75. The van der Waals surface area contributed by atoms with E-state index < -0.39 is 0 Å². The molecule has 2 aromatic rings. The fourth-order valence-electron chi connectivity index (χ4n) is 2.61. The molecule has 0 aromatic carbocycles. The van der Waals surface area contributed by atoms with Crippen molar-refractivity contribution in [3.05, 3.63) is 26.6 Å². The van der Waals surface area contributed by atoms with Crippen LogP contribution in [-0.4, -0.2) is 27.7 Å². The summed E-state index contributed by atoms with van der Waals surface area (Å²) in [7, 11) is 0. The van der Waals surface area contributed by atoms with Crippen molar-refractivity contribution < 1.29 is 4.74 Å². The van der Waals surface area contributed by atoms with E-state index in [0.717, 1.165) is 30.5 Å². The summed E-state index contributed by atoms with van der Waals surface area (Å²) >= 11 is 3.33. The van der Waals surface area contributed by atoms with Crippen LogP contribution in [0, 0.1) is 6.92 Å². The van der Waals surface area contributed by atoms with Crippen molar-refractivity contribution in [1.82, 2.24) is 14.5 Å². The predicted octanol–water partition coefficient (Wildman–Crippen LogP) is 1.80. The largest absolute Gasteiger partial charge is 0.379 e.